The first-order chi connectivity index (χ1) is 13.0. The number of hydroxylamine groups is 1. The Hall–Kier alpha value is -3.01. The second-order valence-corrected chi connectivity index (χ2v) is 6.44. The zero-order chi connectivity index (χ0) is 19.0. The Balaban J connectivity index is 1.46. The van der Waals surface area contributed by atoms with E-state index < -0.39 is 12.5 Å². The lowest BCUT2D eigenvalue weighted by Gasteiger charge is -2.35. The van der Waals surface area contributed by atoms with Gasteiger partial charge in [0.1, 0.15) is 5.75 Å². The van der Waals surface area contributed by atoms with Crippen molar-refractivity contribution >= 4 is 17.5 Å². The normalized spacial score (nSPS) is 21.0. The summed E-state index contributed by atoms with van der Waals surface area (Å²) in [4.78, 5) is 24.0. The van der Waals surface area contributed by atoms with Crippen molar-refractivity contribution in [2.75, 3.05) is 22.9 Å². The van der Waals surface area contributed by atoms with Crippen molar-refractivity contribution in [3.8, 4) is 5.75 Å². The molecule has 2 bridgehead atoms. The van der Waals surface area contributed by atoms with Crippen LogP contribution >= 0.6 is 0 Å². The van der Waals surface area contributed by atoms with Gasteiger partial charge in [-0.25, -0.2) is 15.4 Å². The van der Waals surface area contributed by atoms with Gasteiger partial charge in [0.15, 0.2) is 0 Å². The van der Waals surface area contributed by atoms with Crippen LogP contribution < -0.4 is 20.0 Å². The average molecular weight is 377 g/mol. The number of nitrogens with zero attached hydrogens (tertiary/aromatic N) is 4. The number of anilines is 2. The van der Waals surface area contributed by atoms with Crippen LogP contribution in [0.1, 0.15) is 16.8 Å². The fourth-order valence-corrected chi connectivity index (χ4v) is 3.72. The van der Waals surface area contributed by atoms with E-state index in [0.717, 1.165) is 12.1 Å². The lowest BCUT2D eigenvalue weighted by atomic mass is 10.2. The van der Waals surface area contributed by atoms with Crippen molar-refractivity contribution in [1.29, 1.82) is 0 Å². The molecular formula is C17H17F2N5O3. The molecule has 2 aromatic rings. The van der Waals surface area contributed by atoms with Gasteiger partial charge in [0.05, 0.1) is 11.6 Å². The Kier molecular flexibility index (Phi) is 4.48. The van der Waals surface area contributed by atoms with Crippen LogP contribution in [0.3, 0.4) is 0 Å². The summed E-state index contributed by atoms with van der Waals surface area (Å²) in [7, 11) is 0. The van der Waals surface area contributed by atoms with E-state index in [0.29, 0.717) is 19.0 Å². The highest BCUT2D eigenvalue weighted by atomic mass is 19.3. The third kappa shape index (κ3) is 3.35. The topological polar surface area (TPSA) is 90.8 Å². The van der Waals surface area contributed by atoms with Crippen molar-refractivity contribution in [3.05, 3.63) is 42.2 Å². The molecule has 1 aromatic heterocycles. The smallest absolute Gasteiger partial charge is 0.387 e. The maximum Gasteiger partial charge on any atom is 0.387 e. The van der Waals surface area contributed by atoms with Crippen LogP contribution in [0.25, 0.3) is 0 Å². The molecular weight excluding hydrogens is 360 g/mol. The minimum atomic E-state index is -2.85. The third-order valence-corrected chi connectivity index (χ3v) is 4.87. The minimum absolute atomic E-state index is 0.142. The highest BCUT2D eigenvalue weighted by molar-refractivity contribution is 5.92. The number of rotatable bonds is 5. The van der Waals surface area contributed by atoms with Crippen LogP contribution in [0.15, 0.2) is 36.7 Å². The second kappa shape index (κ2) is 6.95. The number of hydrogen-bond acceptors (Lipinski definition) is 7. The first-order valence-corrected chi connectivity index (χ1v) is 8.40. The largest absolute Gasteiger partial charge is 0.435 e. The molecule has 4 rings (SSSR count). The van der Waals surface area contributed by atoms with Gasteiger partial charge in [-0.2, -0.15) is 8.78 Å². The van der Waals surface area contributed by atoms with E-state index in [1.807, 2.05) is 6.07 Å². The molecule has 0 unspecified atom stereocenters. The molecule has 0 aliphatic carbocycles. The number of benzene rings is 1. The summed E-state index contributed by atoms with van der Waals surface area (Å²) in [6.45, 7) is -1.44. The Bertz CT molecular complexity index is 836. The number of amides is 1. The molecule has 142 valence electrons. The summed E-state index contributed by atoms with van der Waals surface area (Å²) in [6.07, 6.45) is 3.63. The Morgan fingerprint density at radius 2 is 1.93 bits per heavy atom. The molecule has 0 saturated carbocycles. The van der Waals surface area contributed by atoms with Crippen molar-refractivity contribution in [1.82, 2.24) is 15.4 Å². The first-order valence-electron chi connectivity index (χ1n) is 8.40. The number of nitrogens with one attached hydrogen (secondary N) is 1. The maximum atomic E-state index is 12.4. The van der Waals surface area contributed by atoms with Gasteiger partial charge in [0, 0.05) is 43.3 Å². The molecule has 2 N–H and O–H groups in total. The molecule has 27 heavy (non-hydrogen) atoms. The van der Waals surface area contributed by atoms with Gasteiger partial charge in [-0.3, -0.25) is 10.0 Å². The lowest BCUT2D eigenvalue weighted by molar-refractivity contribution is -0.0498. The highest BCUT2D eigenvalue weighted by Gasteiger charge is 2.44. The second-order valence-electron chi connectivity index (χ2n) is 6.44. The summed E-state index contributed by atoms with van der Waals surface area (Å²) in [5, 5.41) is 8.64. The number of hydrogen-bond donors (Lipinski definition) is 2. The molecule has 2 aliphatic rings. The molecule has 1 amide bonds. The number of ether oxygens (including phenoxy) is 1. The van der Waals surface area contributed by atoms with Crippen LogP contribution in [-0.2, 0) is 0 Å². The molecule has 10 heteroatoms. The van der Waals surface area contributed by atoms with E-state index in [4.69, 9.17) is 5.21 Å². The van der Waals surface area contributed by atoms with Crippen molar-refractivity contribution < 1.29 is 23.5 Å². The van der Waals surface area contributed by atoms with Crippen molar-refractivity contribution in [2.45, 2.75) is 25.1 Å². The average Bonchev–Trinajstić information content (AvgIpc) is 3.28. The Morgan fingerprint density at radius 3 is 2.56 bits per heavy atom. The molecule has 1 aromatic carbocycles. The van der Waals surface area contributed by atoms with E-state index >= 15 is 0 Å². The number of fused-ring (bicyclic) bond motifs is 2. The zero-order valence-corrected chi connectivity index (χ0v) is 14.1. The standard InChI is InChI=1S/C17H17F2N5O3/c18-16(19)27-14-3-1-2-11(5-14)23-8-13-4-12(23)9-24(13)17-20-6-10(7-21-17)15(25)22-26/h1-3,5-7,12-13,16,26H,4,8-9H2,(H,22,25)/t12-,13-/m0/s1. The van der Waals surface area contributed by atoms with Crippen LogP contribution in [-0.4, -0.2) is 52.9 Å². The summed E-state index contributed by atoms with van der Waals surface area (Å²) in [6, 6.07) is 7.10. The van der Waals surface area contributed by atoms with Gasteiger partial charge in [0.2, 0.25) is 5.95 Å². The van der Waals surface area contributed by atoms with Gasteiger partial charge in [-0.1, -0.05) is 6.07 Å². The van der Waals surface area contributed by atoms with E-state index in [9.17, 15) is 13.6 Å². The van der Waals surface area contributed by atoms with E-state index in [-0.39, 0.29) is 23.4 Å². The molecule has 3 heterocycles. The van der Waals surface area contributed by atoms with E-state index in [1.165, 1.54) is 18.5 Å². The number of carbonyl (C=O) groups is 1. The zero-order valence-electron chi connectivity index (χ0n) is 14.1. The summed E-state index contributed by atoms with van der Waals surface area (Å²) < 4.78 is 29.3. The molecule has 2 atom stereocenters. The number of carbonyl (C=O) groups excluding carboxylic acids is 1. The number of aromatic nitrogens is 2. The van der Waals surface area contributed by atoms with Gasteiger partial charge in [0.25, 0.3) is 5.91 Å². The van der Waals surface area contributed by atoms with E-state index in [1.54, 1.807) is 17.6 Å². The molecule has 0 radical (unpaired) electrons. The highest BCUT2D eigenvalue weighted by Crippen LogP contribution is 2.37. The molecule has 2 saturated heterocycles. The maximum absolute atomic E-state index is 12.4. The van der Waals surface area contributed by atoms with E-state index in [2.05, 4.69) is 24.5 Å². The predicted molar refractivity (Wildman–Crippen MR) is 91.2 cm³/mol. The lowest BCUT2D eigenvalue weighted by Crippen LogP contribution is -2.47. The predicted octanol–water partition coefficient (Wildman–Crippen LogP) is 1.66. The van der Waals surface area contributed by atoms with Gasteiger partial charge in [-0.05, 0) is 18.6 Å². The number of halogens is 2. The monoisotopic (exact) mass is 377 g/mol. The van der Waals surface area contributed by atoms with Crippen LogP contribution in [0, 0.1) is 0 Å². The molecule has 0 spiro atoms. The van der Waals surface area contributed by atoms with Crippen LogP contribution in [0.4, 0.5) is 20.4 Å². The van der Waals surface area contributed by atoms with Gasteiger partial charge in [-0.15, -0.1) is 0 Å². The van der Waals surface area contributed by atoms with Crippen LogP contribution in [0.5, 0.6) is 5.75 Å². The summed E-state index contributed by atoms with van der Waals surface area (Å²) in [5.41, 5.74) is 2.55. The minimum Gasteiger partial charge on any atom is -0.435 e. The fourth-order valence-electron chi connectivity index (χ4n) is 3.72. The number of alkyl halides is 2. The van der Waals surface area contributed by atoms with Gasteiger partial charge >= 0.3 is 6.61 Å². The Morgan fingerprint density at radius 1 is 1.22 bits per heavy atom. The summed E-state index contributed by atoms with van der Waals surface area (Å²) in [5.74, 6) is -0.00352. The van der Waals surface area contributed by atoms with Crippen molar-refractivity contribution in [2.24, 2.45) is 0 Å². The molecule has 8 nitrogen and oxygen atoms in total. The quantitative estimate of drug-likeness (QED) is 0.605. The first kappa shape index (κ1) is 17.4. The third-order valence-electron chi connectivity index (χ3n) is 4.87. The van der Waals surface area contributed by atoms with Crippen molar-refractivity contribution in [3.63, 3.8) is 0 Å². The summed E-state index contributed by atoms with van der Waals surface area (Å²) >= 11 is 0. The van der Waals surface area contributed by atoms with Gasteiger partial charge < -0.3 is 14.5 Å². The Labute approximate surface area is 153 Å². The van der Waals surface area contributed by atoms with Crippen LogP contribution in [0.2, 0.25) is 0 Å². The fraction of sp³-hybridized carbons (Fsp3) is 0.353. The molecule has 2 aliphatic heterocycles. The number of piperazine rings is 1. The molecule has 2 fully saturated rings. The SMILES string of the molecule is O=C(NO)c1cnc(N2C[C@@H]3C[C@H]2CN3c2cccc(OC(F)F)c2)nc1.